The molecule has 1 aliphatic rings. The molecular weight excluding hydrogens is 316 g/mol. The van der Waals surface area contributed by atoms with Crippen molar-refractivity contribution in [3.05, 3.63) is 65.2 Å². The molecule has 0 radical (unpaired) electrons. The van der Waals surface area contributed by atoms with E-state index in [-0.39, 0.29) is 18.4 Å². The van der Waals surface area contributed by atoms with Gasteiger partial charge < -0.3 is 15.3 Å². The molecule has 5 heteroatoms. The number of hydrogen-bond donors (Lipinski definition) is 2. The van der Waals surface area contributed by atoms with Crippen LogP contribution in [0, 0.1) is 6.92 Å². The molecule has 1 aliphatic heterocycles. The number of anilines is 1. The molecule has 1 saturated heterocycles. The number of benzene rings is 2. The van der Waals surface area contributed by atoms with Crippen LogP contribution in [0.15, 0.2) is 48.5 Å². The molecule has 0 spiro atoms. The third-order valence-corrected chi connectivity index (χ3v) is 4.50. The Kier molecular flexibility index (Phi) is 5.14. The molecule has 1 unspecified atom stereocenters. The minimum Gasteiger partial charge on any atom is -0.387 e. The summed E-state index contributed by atoms with van der Waals surface area (Å²) in [5.74, 6) is -0.173. The van der Waals surface area contributed by atoms with Crippen LogP contribution in [0.3, 0.4) is 0 Å². The summed E-state index contributed by atoms with van der Waals surface area (Å²) in [6.45, 7) is 2.75. The summed E-state index contributed by atoms with van der Waals surface area (Å²) in [6.07, 6.45) is 0.644. The zero-order valence-electron chi connectivity index (χ0n) is 14.2. The van der Waals surface area contributed by atoms with E-state index in [1.165, 1.54) is 0 Å². The van der Waals surface area contributed by atoms with Crippen molar-refractivity contribution < 1.29 is 14.7 Å². The predicted octanol–water partition coefficient (Wildman–Crippen LogP) is 2.59. The topological polar surface area (TPSA) is 69.6 Å². The van der Waals surface area contributed by atoms with E-state index in [9.17, 15) is 14.7 Å². The summed E-state index contributed by atoms with van der Waals surface area (Å²) >= 11 is 0. The normalized spacial score (nSPS) is 15.3. The van der Waals surface area contributed by atoms with Gasteiger partial charge in [0.15, 0.2) is 0 Å². The molecular formula is C20H22N2O3. The third-order valence-electron chi connectivity index (χ3n) is 4.50. The van der Waals surface area contributed by atoms with Gasteiger partial charge in [-0.3, -0.25) is 9.59 Å². The van der Waals surface area contributed by atoms with Gasteiger partial charge in [-0.25, -0.2) is 0 Å². The highest BCUT2D eigenvalue weighted by Crippen LogP contribution is 2.22. The number of nitrogens with one attached hydrogen (secondary N) is 1. The monoisotopic (exact) mass is 338 g/mol. The average molecular weight is 338 g/mol. The van der Waals surface area contributed by atoms with Crippen LogP contribution in [-0.4, -0.2) is 30.0 Å². The first kappa shape index (κ1) is 17.2. The van der Waals surface area contributed by atoms with E-state index >= 15 is 0 Å². The van der Waals surface area contributed by atoms with Crippen LogP contribution >= 0.6 is 0 Å². The first-order valence-corrected chi connectivity index (χ1v) is 8.48. The van der Waals surface area contributed by atoms with Crippen molar-refractivity contribution in [3.63, 3.8) is 0 Å². The van der Waals surface area contributed by atoms with Crippen molar-refractivity contribution in [1.29, 1.82) is 0 Å². The molecule has 0 aliphatic carbocycles. The van der Waals surface area contributed by atoms with Gasteiger partial charge in [-0.2, -0.15) is 0 Å². The van der Waals surface area contributed by atoms with Crippen LogP contribution in [0.5, 0.6) is 0 Å². The molecule has 2 aromatic carbocycles. The van der Waals surface area contributed by atoms with Crippen molar-refractivity contribution in [3.8, 4) is 0 Å². The van der Waals surface area contributed by atoms with Crippen molar-refractivity contribution >= 4 is 17.5 Å². The molecule has 2 aromatic rings. The fourth-order valence-corrected chi connectivity index (χ4v) is 3.10. The number of amides is 2. The van der Waals surface area contributed by atoms with Gasteiger partial charge in [0.1, 0.15) is 0 Å². The Morgan fingerprint density at radius 1 is 1.24 bits per heavy atom. The number of aliphatic hydroxyl groups excluding tert-OH is 1. The van der Waals surface area contributed by atoms with Crippen LogP contribution in [0.25, 0.3) is 0 Å². The Balaban J connectivity index is 1.65. The molecule has 0 aromatic heterocycles. The van der Waals surface area contributed by atoms with Crippen molar-refractivity contribution in [2.24, 2.45) is 0 Å². The lowest BCUT2D eigenvalue weighted by Crippen LogP contribution is -2.29. The Labute approximate surface area is 147 Å². The number of aliphatic hydroxyl groups is 1. The fourth-order valence-electron chi connectivity index (χ4n) is 3.10. The van der Waals surface area contributed by atoms with E-state index in [0.29, 0.717) is 18.5 Å². The van der Waals surface area contributed by atoms with E-state index in [0.717, 1.165) is 23.2 Å². The summed E-state index contributed by atoms with van der Waals surface area (Å²) in [7, 11) is 0. The summed E-state index contributed by atoms with van der Waals surface area (Å²) < 4.78 is 0. The summed E-state index contributed by atoms with van der Waals surface area (Å²) in [5, 5.41) is 13.1. The lowest BCUT2D eigenvalue weighted by molar-refractivity contribution is -0.117. The number of carbonyl (C=O) groups is 2. The number of rotatable bonds is 5. The highest BCUT2D eigenvalue weighted by Gasteiger charge is 2.22. The average Bonchev–Trinajstić information content (AvgIpc) is 3.06. The number of hydrogen-bond acceptors (Lipinski definition) is 3. The maximum atomic E-state index is 12.4. The molecule has 2 amide bonds. The van der Waals surface area contributed by atoms with E-state index in [1.807, 2.05) is 37.3 Å². The first-order valence-electron chi connectivity index (χ1n) is 8.48. The molecule has 1 fully saturated rings. The summed E-state index contributed by atoms with van der Waals surface area (Å²) in [4.78, 5) is 25.9. The van der Waals surface area contributed by atoms with Crippen LogP contribution in [0.2, 0.25) is 0 Å². The molecule has 0 saturated carbocycles. The molecule has 1 atom stereocenters. The summed E-state index contributed by atoms with van der Waals surface area (Å²) in [6, 6.07) is 14.6. The van der Waals surface area contributed by atoms with E-state index in [1.54, 1.807) is 23.1 Å². The fraction of sp³-hybridized carbons (Fsp3) is 0.300. The predicted molar refractivity (Wildman–Crippen MR) is 96.5 cm³/mol. The quantitative estimate of drug-likeness (QED) is 0.880. The summed E-state index contributed by atoms with van der Waals surface area (Å²) in [5.41, 5.74) is 3.02. The van der Waals surface area contributed by atoms with Crippen molar-refractivity contribution in [1.82, 2.24) is 5.32 Å². The van der Waals surface area contributed by atoms with Crippen LogP contribution in [-0.2, 0) is 4.79 Å². The van der Waals surface area contributed by atoms with Gasteiger partial charge in [0.05, 0.1) is 6.10 Å². The minimum absolute atomic E-state index is 0.0903. The maximum Gasteiger partial charge on any atom is 0.251 e. The molecule has 2 N–H and O–H groups in total. The van der Waals surface area contributed by atoms with Gasteiger partial charge in [0, 0.05) is 30.8 Å². The molecule has 1 heterocycles. The number of aryl methyl sites for hydroxylation is 1. The lowest BCUT2D eigenvalue weighted by Gasteiger charge is -2.17. The minimum atomic E-state index is -0.756. The second-order valence-electron chi connectivity index (χ2n) is 6.28. The second-order valence-corrected chi connectivity index (χ2v) is 6.28. The Morgan fingerprint density at radius 2 is 2.04 bits per heavy atom. The third kappa shape index (κ3) is 3.88. The zero-order chi connectivity index (χ0) is 17.8. The van der Waals surface area contributed by atoms with Gasteiger partial charge in [-0.05, 0) is 42.7 Å². The molecule has 0 bridgehead atoms. The van der Waals surface area contributed by atoms with Crippen LogP contribution < -0.4 is 10.2 Å². The van der Waals surface area contributed by atoms with Crippen LogP contribution in [0.4, 0.5) is 5.69 Å². The van der Waals surface area contributed by atoms with E-state index in [4.69, 9.17) is 0 Å². The van der Waals surface area contributed by atoms with E-state index in [2.05, 4.69) is 5.32 Å². The maximum absolute atomic E-state index is 12.4. The molecule has 5 nitrogen and oxygen atoms in total. The SMILES string of the molecule is Cc1ccccc1C(O)CNC(=O)c1cccc(N2CCCC2=O)c1. The van der Waals surface area contributed by atoms with Gasteiger partial charge >= 0.3 is 0 Å². The zero-order valence-corrected chi connectivity index (χ0v) is 14.2. The second kappa shape index (κ2) is 7.49. The smallest absolute Gasteiger partial charge is 0.251 e. The highest BCUT2D eigenvalue weighted by atomic mass is 16.3. The standard InChI is InChI=1S/C20H22N2O3/c1-14-6-2-3-9-17(14)18(23)13-21-20(25)15-7-4-8-16(12-15)22-11-5-10-19(22)24/h2-4,6-9,12,18,23H,5,10-11,13H2,1H3,(H,21,25). The van der Waals surface area contributed by atoms with Crippen molar-refractivity contribution in [2.75, 3.05) is 18.0 Å². The largest absolute Gasteiger partial charge is 0.387 e. The Morgan fingerprint density at radius 3 is 2.76 bits per heavy atom. The van der Waals surface area contributed by atoms with Crippen molar-refractivity contribution in [2.45, 2.75) is 25.9 Å². The Bertz CT molecular complexity index is 788. The first-order chi connectivity index (χ1) is 12.1. The molecule has 130 valence electrons. The lowest BCUT2D eigenvalue weighted by atomic mass is 10.0. The molecule has 25 heavy (non-hydrogen) atoms. The Hall–Kier alpha value is -2.66. The van der Waals surface area contributed by atoms with Gasteiger partial charge in [0.2, 0.25) is 5.91 Å². The van der Waals surface area contributed by atoms with Gasteiger partial charge in [-0.1, -0.05) is 30.3 Å². The van der Waals surface area contributed by atoms with Crippen LogP contribution in [0.1, 0.15) is 40.4 Å². The van der Waals surface area contributed by atoms with Gasteiger partial charge in [-0.15, -0.1) is 0 Å². The van der Waals surface area contributed by atoms with E-state index < -0.39 is 6.10 Å². The number of nitrogens with zero attached hydrogens (tertiary/aromatic N) is 1. The van der Waals surface area contributed by atoms with Gasteiger partial charge in [0.25, 0.3) is 5.91 Å². The molecule has 3 rings (SSSR count). The highest BCUT2D eigenvalue weighted by molar-refractivity contribution is 5.99. The number of carbonyl (C=O) groups excluding carboxylic acids is 2.